The monoisotopic (exact) mass is 399 g/mol. The molecule has 0 saturated carbocycles. The van der Waals surface area contributed by atoms with Crippen molar-refractivity contribution in [3.8, 4) is 18.2 Å². The predicted molar refractivity (Wildman–Crippen MR) is 117 cm³/mol. The van der Waals surface area contributed by atoms with Crippen LogP contribution in [0.15, 0.2) is 47.2 Å². The Balaban J connectivity index is 2.25. The van der Waals surface area contributed by atoms with Crippen LogP contribution >= 0.6 is 0 Å². The number of fused-ring (bicyclic) bond motifs is 1. The third-order valence-corrected chi connectivity index (χ3v) is 6.56. The summed E-state index contributed by atoms with van der Waals surface area (Å²) in [6, 6.07) is 15.1. The topological polar surface area (TPSA) is 101 Å². The smallest absolute Gasteiger partial charge is 0.191 e. The van der Waals surface area contributed by atoms with E-state index >= 15 is 0 Å². The van der Waals surface area contributed by atoms with Gasteiger partial charge in [-0.2, -0.15) is 15.8 Å². The Morgan fingerprint density at radius 1 is 1.10 bits per heavy atom. The average molecular weight is 400 g/mol. The molecule has 1 aliphatic heterocycles. The molecule has 5 heteroatoms. The maximum atomic E-state index is 10.2. The number of rotatable bonds is 2. The molecule has 0 amide bonds. The van der Waals surface area contributed by atoms with Gasteiger partial charge in [0.2, 0.25) is 0 Å². The molecule has 1 heterocycles. The number of nitrogens with two attached hydrogens (primary N) is 1. The highest BCUT2D eigenvalue weighted by Crippen LogP contribution is 2.54. The summed E-state index contributed by atoms with van der Waals surface area (Å²) in [5.74, 6) is -0.589. The molecule has 1 aliphatic carbocycles. The number of hydrogen-bond donors (Lipinski definition) is 1. The second-order valence-corrected chi connectivity index (χ2v) is 9.60. The van der Waals surface area contributed by atoms with Gasteiger partial charge in [-0.15, -0.1) is 0 Å². The molecule has 30 heavy (non-hydrogen) atoms. The SMILES string of the molecule is CC(C)N1CC=C2C(C#N)=C(N)C(C#N)(C#N)[C@@H](c3ccc(C(C)(C)C)cc3)[C@H]2C1. The van der Waals surface area contributed by atoms with Gasteiger partial charge in [-0.05, 0) is 36.0 Å². The minimum Gasteiger partial charge on any atom is -0.399 e. The first-order valence-corrected chi connectivity index (χ1v) is 10.4. The van der Waals surface area contributed by atoms with Crippen molar-refractivity contribution in [1.29, 1.82) is 15.8 Å². The summed E-state index contributed by atoms with van der Waals surface area (Å²) < 4.78 is 0. The fourth-order valence-electron chi connectivity index (χ4n) is 4.69. The molecule has 0 bridgehead atoms. The Bertz CT molecular complexity index is 1000. The number of allylic oxidation sites excluding steroid dienone is 2. The van der Waals surface area contributed by atoms with E-state index in [9.17, 15) is 15.8 Å². The summed E-state index contributed by atoms with van der Waals surface area (Å²) in [7, 11) is 0. The van der Waals surface area contributed by atoms with E-state index in [2.05, 4.69) is 75.9 Å². The van der Waals surface area contributed by atoms with Gasteiger partial charge in [0, 0.05) is 31.0 Å². The van der Waals surface area contributed by atoms with Crippen molar-refractivity contribution in [3.63, 3.8) is 0 Å². The third kappa shape index (κ3) is 3.28. The zero-order valence-electron chi connectivity index (χ0n) is 18.4. The Kier molecular flexibility index (Phi) is 5.51. The minimum atomic E-state index is -1.57. The van der Waals surface area contributed by atoms with E-state index in [1.54, 1.807) is 0 Å². The van der Waals surface area contributed by atoms with E-state index in [1.807, 2.05) is 12.1 Å². The van der Waals surface area contributed by atoms with Gasteiger partial charge in [-0.25, -0.2) is 0 Å². The number of benzene rings is 1. The van der Waals surface area contributed by atoms with Crippen LogP contribution in [0.3, 0.4) is 0 Å². The van der Waals surface area contributed by atoms with E-state index in [4.69, 9.17) is 5.73 Å². The Labute approximate surface area is 179 Å². The fourth-order valence-corrected chi connectivity index (χ4v) is 4.69. The second-order valence-electron chi connectivity index (χ2n) is 9.60. The highest BCUT2D eigenvalue weighted by molar-refractivity contribution is 5.59. The molecule has 2 atom stereocenters. The van der Waals surface area contributed by atoms with Crippen LogP contribution in [-0.4, -0.2) is 24.0 Å². The molecule has 3 rings (SSSR count). The van der Waals surface area contributed by atoms with Crippen LogP contribution in [-0.2, 0) is 5.41 Å². The lowest BCUT2D eigenvalue weighted by Crippen LogP contribution is -2.49. The maximum Gasteiger partial charge on any atom is 0.191 e. The Hall–Kier alpha value is -3.07. The summed E-state index contributed by atoms with van der Waals surface area (Å²) in [6.07, 6.45) is 2.05. The molecule has 0 aromatic heterocycles. The van der Waals surface area contributed by atoms with Gasteiger partial charge >= 0.3 is 0 Å². The van der Waals surface area contributed by atoms with Crippen LogP contribution in [0.2, 0.25) is 0 Å². The zero-order chi connectivity index (χ0) is 22.3. The summed E-state index contributed by atoms with van der Waals surface area (Å²) >= 11 is 0. The van der Waals surface area contributed by atoms with E-state index in [0.29, 0.717) is 18.2 Å². The Morgan fingerprint density at radius 2 is 1.70 bits per heavy atom. The maximum absolute atomic E-state index is 10.2. The zero-order valence-corrected chi connectivity index (χ0v) is 18.4. The first-order chi connectivity index (χ1) is 14.1. The molecular formula is C25H29N5. The van der Waals surface area contributed by atoms with Crippen molar-refractivity contribution < 1.29 is 0 Å². The lowest BCUT2D eigenvalue weighted by Gasteiger charge is -2.46. The van der Waals surface area contributed by atoms with Crippen molar-refractivity contribution in [1.82, 2.24) is 4.90 Å². The molecule has 0 radical (unpaired) electrons. The number of nitriles is 3. The van der Waals surface area contributed by atoms with Crippen LogP contribution in [0.1, 0.15) is 51.7 Å². The van der Waals surface area contributed by atoms with Crippen LogP contribution < -0.4 is 5.73 Å². The van der Waals surface area contributed by atoms with Crippen LogP contribution in [0.25, 0.3) is 0 Å². The molecule has 1 aromatic rings. The van der Waals surface area contributed by atoms with Crippen LogP contribution in [0.5, 0.6) is 0 Å². The van der Waals surface area contributed by atoms with Crippen molar-refractivity contribution in [2.24, 2.45) is 17.1 Å². The van der Waals surface area contributed by atoms with Crippen LogP contribution in [0.4, 0.5) is 0 Å². The standard InChI is InChI=1S/C25H29N5/c1-16(2)30-11-10-19-20(12-26)23(29)25(14-27,15-28)22(21(19)13-30)17-6-8-18(9-7-17)24(3,4)5/h6-10,16,21-22H,11,13,29H2,1-5H3/t21-,22-/m0/s1. The van der Waals surface area contributed by atoms with E-state index in [-0.39, 0.29) is 17.0 Å². The largest absolute Gasteiger partial charge is 0.399 e. The summed E-state index contributed by atoms with van der Waals surface area (Å²) in [5.41, 5.74) is 8.16. The molecule has 2 N–H and O–H groups in total. The van der Waals surface area contributed by atoms with Gasteiger partial charge < -0.3 is 5.73 Å². The van der Waals surface area contributed by atoms with Gasteiger partial charge in [0.15, 0.2) is 5.41 Å². The second kappa shape index (κ2) is 7.64. The number of nitrogens with zero attached hydrogens (tertiary/aromatic N) is 4. The highest BCUT2D eigenvalue weighted by Gasteiger charge is 2.54. The minimum absolute atomic E-state index is 0.00386. The third-order valence-electron chi connectivity index (χ3n) is 6.56. The normalized spacial score (nSPS) is 23.8. The van der Waals surface area contributed by atoms with Crippen molar-refractivity contribution in [3.05, 3.63) is 58.3 Å². The lowest BCUT2D eigenvalue weighted by atomic mass is 9.58. The van der Waals surface area contributed by atoms with Crippen molar-refractivity contribution in [2.45, 2.75) is 52.0 Å². The summed E-state index contributed by atoms with van der Waals surface area (Å²) in [4.78, 5) is 2.31. The summed E-state index contributed by atoms with van der Waals surface area (Å²) in [6.45, 7) is 12.1. The van der Waals surface area contributed by atoms with E-state index < -0.39 is 11.3 Å². The number of hydrogen-bond acceptors (Lipinski definition) is 5. The quantitative estimate of drug-likeness (QED) is 0.806. The van der Waals surface area contributed by atoms with Gasteiger partial charge in [0.25, 0.3) is 0 Å². The molecule has 0 spiro atoms. The van der Waals surface area contributed by atoms with E-state index in [0.717, 1.165) is 17.7 Å². The molecule has 0 unspecified atom stereocenters. The fraction of sp³-hybridized carbons (Fsp3) is 0.480. The molecule has 1 aromatic carbocycles. The molecule has 0 fully saturated rings. The van der Waals surface area contributed by atoms with Gasteiger partial charge in [0.1, 0.15) is 6.07 Å². The first-order valence-electron chi connectivity index (χ1n) is 10.4. The van der Waals surface area contributed by atoms with Gasteiger partial charge in [-0.3, -0.25) is 4.90 Å². The predicted octanol–water partition coefficient (Wildman–Crippen LogP) is 4.12. The van der Waals surface area contributed by atoms with Crippen molar-refractivity contribution >= 4 is 0 Å². The van der Waals surface area contributed by atoms with Gasteiger partial charge in [-0.1, -0.05) is 51.1 Å². The average Bonchev–Trinajstić information content (AvgIpc) is 2.72. The first kappa shape index (κ1) is 21.6. The van der Waals surface area contributed by atoms with Crippen LogP contribution in [0, 0.1) is 45.3 Å². The Morgan fingerprint density at radius 3 is 2.17 bits per heavy atom. The molecule has 2 aliphatic rings. The molecule has 0 saturated heterocycles. The van der Waals surface area contributed by atoms with Gasteiger partial charge in [0.05, 0.1) is 23.4 Å². The highest BCUT2D eigenvalue weighted by atomic mass is 15.2. The molecule has 5 nitrogen and oxygen atoms in total. The van der Waals surface area contributed by atoms with Crippen molar-refractivity contribution in [2.75, 3.05) is 13.1 Å². The van der Waals surface area contributed by atoms with E-state index in [1.165, 1.54) is 5.56 Å². The molecule has 154 valence electrons. The summed E-state index contributed by atoms with van der Waals surface area (Å²) in [5, 5.41) is 30.2. The molecular weight excluding hydrogens is 370 g/mol. The lowest BCUT2D eigenvalue weighted by molar-refractivity contribution is 0.174.